The highest BCUT2D eigenvalue weighted by molar-refractivity contribution is 5.91. The van der Waals surface area contributed by atoms with Gasteiger partial charge in [0.1, 0.15) is 11.4 Å². The highest BCUT2D eigenvalue weighted by atomic mass is 19.1. The topological polar surface area (TPSA) is 80.3 Å². The second-order valence-electron chi connectivity index (χ2n) is 9.44. The number of aromatic amines is 1. The Balaban J connectivity index is 1.49. The second kappa shape index (κ2) is 9.37. The summed E-state index contributed by atoms with van der Waals surface area (Å²) < 4.78 is 25.4. The number of halogens is 1. The Morgan fingerprint density at radius 2 is 1.94 bits per heavy atom. The number of rotatable bonds is 5. The highest BCUT2D eigenvalue weighted by Crippen LogP contribution is 2.37. The Labute approximate surface area is 193 Å². The Morgan fingerprint density at radius 3 is 2.61 bits per heavy atom. The van der Waals surface area contributed by atoms with E-state index in [9.17, 15) is 9.18 Å². The maximum Gasteiger partial charge on any atom is 0.415 e. The molecule has 1 saturated carbocycles. The lowest BCUT2D eigenvalue weighted by atomic mass is 9.84. The summed E-state index contributed by atoms with van der Waals surface area (Å²) in [5.74, 6) is 0.775. The van der Waals surface area contributed by atoms with Gasteiger partial charge in [0.2, 0.25) is 0 Å². The highest BCUT2D eigenvalue weighted by Gasteiger charge is 2.28. The number of nitrogens with one attached hydrogen (secondary N) is 1. The third-order valence-electron chi connectivity index (χ3n) is 5.86. The van der Waals surface area contributed by atoms with E-state index in [1.165, 1.54) is 11.0 Å². The van der Waals surface area contributed by atoms with E-state index in [0.29, 0.717) is 18.1 Å². The molecule has 0 unspecified atom stereocenters. The van der Waals surface area contributed by atoms with Gasteiger partial charge < -0.3 is 9.47 Å². The maximum absolute atomic E-state index is 13.9. The number of pyridine rings is 1. The van der Waals surface area contributed by atoms with E-state index in [-0.39, 0.29) is 17.8 Å². The van der Waals surface area contributed by atoms with Gasteiger partial charge in [0.15, 0.2) is 11.6 Å². The van der Waals surface area contributed by atoms with Crippen LogP contribution in [0.2, 0.25) is 0 Å². The molecule has 33 heavy (non-hydrogen) atoms. The predicted molar refractivity (Wildman–Crippen MR) is 125 cm³/mol. The molecule has 8 heteroatoms. The number of benzene rings is 1. The molecule has 0 aliphatic heterocycles. The van der Waals surface area contributed by atoms with E-state index in [0.717, 1.165) is 42.3 Å². The van der Waals surface area contributed by atoms with Crippen LogP contribution < -0.4 is 9.64 Å². The monoisotopic (exact) mass is 454 g/mol. The zero-order valence-corrected chi connectivity index (χ0v) is 19.6. The van der Waals surface area contributed by atoms with E-state index in [1.54, 1.807) is 24.4 Å². The van der Waals surface area contributed by atoms with Gasteiger partial charge >= 0.3 is 6.09 Å². The predicted octanol–water partition coefficient (Wildman–Crippen LogP) is 5.96. The van der Waals surface area contributed by atoms with Gasteiger partial charge in [0.05, 0.1) is 23.5 Å². The van der Waals surface area contributed by atoms with Crippen molar-refractivity contribution in [3.8, 4) is 5.75 Å². The molecule has 0 atom stereocenters. The van der Waals surface area contributed by atoms with Gasteiger partial charge in [-0.05, 0) is 71.6 Å². The molecule has 0 saturated heterocycles. The summed E-state index contributed by atoms with van der Waals surface area (Å²) in [6.45, 7) is 7.86. The average Bonchev–Trinajstić information content (AvgIpc) is 3.18. The van der Waals surface area contributed by atoms with E-state index in [4.69, 9.17) is 9.47 Å². The molecule has 0 radical (unpaired) electrons. The normalized spacial score (nSPS) is 18.8. The van der Waals surface area contributed by atoms with E-state index in [2.05, 4.69) is 15.2 Å². The molecule has 1 N–H and O–H groups in total. The summed E-state index contributed by atoms with van der Waals surface area (Å²) in [4.78, 5) is 18.6. The van der Waals surface area contributed by atoms with Crippen LogP contribution in [0, 0.1) is 5.82 Å². The summed E-state index contributed by atoms with van der Waals surface area (Å²) in [6.07, 6.45) is 4.70. The van der Waals surface area contributed by atoms with Crippen molar-refractivity contribution in [1.82, 2.24) is 15.2 Å². The summed E-state index contributed by atoms with van der Waals surface area (Å²) >= 11 is 0. The van der Waals surface area contributed by atoms with Crippen molar-refractivity contribution in [2.24, 2.45) is 0 Å². The van der Waals surface area contributed by atoms with E-state index >= 15 is 0 Å². The lowest BCUT2D eigenvalue weighted by molar-refractivity contribution is 0.0581. The first-order chi connectivity index (χ1) is 15.7. The maximum atomic E-state index is 13.9. The number of H-pyrrole nitrogens is 1. The molecule has 1 aromatic carbocycles. The Bertz CT molecular complexity index is 1120. The summed E-state index contributed by atoms with van der Waals surface area (Å²) in [5.41, 5.74) is 1.22. The molecule has 1 aliphatic carbocycles. The number of hydrogen-bond acceptors (Lipinski definition) is 5. The van der Waals surface area contributed by atoms with Crippen molar-refractivity contribution < 1.29 is 18.7 Å². The molecule has 2 aromatic heterocycles. The number of anilines is 1. The molecular formula is C25H31FN4O3. The molecule has 176 valence electrons. The molecule has 2 heterocycles. The fraction of sp³-hybridized carbons (Fsp3) is 0.480. The van der Waals surface area contributed by atoms with Gasteiger partial charge in [0.25, 0.3) is 0 Å². The van der Waals surface area contributed by atoms with Gasteiger partial charge in [-0.15, -0.1) is 0 Å². The summed E-state index contributed by atoms with van der Waals surface area (Å²) in [7, 11) is 0. The fourth-order valence-corrected chi connectivity index (χ4v) is 4.26. The number of ether oxygens (including phenoxy) is 2. The quantitative estimate of drug-likeness (QED) is 0.514. The van der Waals surface area contributed by atoms with Crippen LogP contribution in [0.4, 0.5) is 15.0 Å². The zero-order chi connectivity index (χ0) is 23.6. The van der Waals surface area contributed by atoms with Crippen LogP contribution >= 0.6 is 0 Å². The standard InChI is InChI=1S/C25H31FN4O3/c1-5-30(24(31)33-25(2,3)4)22-14-18-20(15-27-22)28-29-23(18)16-10-12-17(13-11-16)32-21-9-7-6-8-19(21)26/h6-9,14-17H,5,10-13H2,1-4H3,(H,28,29). The molecule has 1 fully saturated rings. The minimum atomic E-state index is -0.585. The third-order valence-corrected chi connectivity index (χ3v) is 5.86. The number of para-hydroxylation sites is 1. The van der Waals surface area contributed by atoms with E-state index < -0.39 is 11.7 Å². The van der Waals surface area contributed by atoms with Gasteiger partial charge in [0, 0.05) is 17.8 Å². The second-order valence-corrected chi connectivity index (χ2v) is 9.44. The molecule has 4 rings (SSSR count). The minimum absolute atomic E-state index is 0.0108. The number of nitrogens with zero attached hydrogens (tertiary/aromatic N) is 3. The first kappa shape index (κ1) is 23.0. The average molecular weight is 455 g/mol. The van der Waals surface area contributed by atoms with Crippen molar-refractivity contribution in [1.29, 1.82) is 0 Å². The molecule has 7 nitrogen and oxygen atoms in total. The SMILES string of the molecule is CCN(C(=O)OC(C)(C)C)c1cc2c(C3CCC(Oc4ccccc4F)CC3)n[nH]c2cn1. The van der Waals surface area contributed by atoms with Crippen LogP contribution in [-0.4, -0.2) is 39.5 Å². The molecule has 1 aliphatic rings. The summed E-state index contributed by atoms with van der Waals surface area (Å²) in [6, 6.07) is 8.43. The van der Waals surface area contributed by atoms with Crippen LogP contribution in [-0.2, 0) is 4.74 Å². The minimum Gasteiger partial charge on any atom is -0.487 e. The first-order valence-electron chi connectivity index (χ1n) is 11.5. The first-order valence-corrected chi connectivity index (χ1v) is 11.5. The van der Waals surface area contributed by atoms with Crippen molar-refractivity contribution in [2.45, 2.75) is 71.0 Å². The number of amides is 1. The van der Waals surface area contributed by atoms with Gasteiger partial charge in [-0.1, -0.05) is 12.1 Å². The van der Waals surface area contributed by atoms with Crippen LogP contribution in [0.1, 0.15) is 65.0 Å². The summed E-state index contributed by atoms with van der Waals surface area (Å²) in [5, 5.41) is 8.60. The van der Waals surface area contributed by atoms with Crippen molar-refractivity contribution in [3.63, 3.8) is 0 Å². The van der Waals surface area contributed by atoms with E-state index in [1.807, 2.05) is 33.8 Å². The number of hydrogen-bond donors (Lipinski definition) is 1. The van der Waals surface area contributed by atoms with Crippen LogP contribution in [0.15, 0.2) is 36.5 Å². The molecule has 1 amide bonds. The number of carbonyl (C=O) groups excluding carboxylic acids is 1. The van der Waals surface area contributed by atoms with Gasteiger partial charge in [-0.3, -0.25) is 10.00 Å². The molecule has 3 aromatic rings. The number of fused-ring (bicyclic) bond motifs is 1. The fourth-order valence-electron chi connectivity index (χ4n) is 4.26. The van der Waals surface area contributed by atoms with Gasteiger partial charge in [-0.25, -0.2) is 14.2 Å². The number of carbonyl (C=O) groups is 1. The Hall–Kier alpha value is -3.16. The zero-order valence-electron chi connectivity index (χ0n) is 19.6. The lowest BCUT2D eigenvalue weighted by Gasteiger charge is -2.28. The number of aromatic nitrogens is 3. The van der Waals surface area contributed by atoms with Crippen molar-refractivity contribution >= 4 is 22.8 Å². The van der Waals surface area contributed by atoms with Crippen LogP contribution in [0.3, 0.4) is 0 Å². The van der Waals surface area contributed by atoms with Crippen molar-refractivity contribution in [2.75, 3.05) is 11.4 Å². The smallest absolute Gasteiger partial charge is 0.415 e. The van der Waals surface area contributed by atoms with Crippen LogP contribution in [0.5, 0.6) is 5.75 Å². The Kier molecular flexibility index (Phi) is 6.54. The van der Waals surface area contributed by atoms with Crippen molar-refractivity contribution in [3.05, 3.63) is 48.0 Å². The third kappa shape index (κ3) is 5.26. The molecular weight excluding hydrogens is 423 g/mol. The molecule has 0 spiro atoms. The Morgan fingerprint density at radius 1 is 1.21 bits per heavy atom. The largest absolute Gasteiger partial charge is 0.487 e. The van der Waals surface area contributed by atoms with Crippen LogP contribution in [0.25, 0.3) is 10.9 Å². The van der Waals surface area contributed by atoms with Gasteiger partial charge in [-0.2, -0.15) is 5.10 Å². The lowest BCUT2D eigenvalue weighted by Crippen LogP contribution is -2.37. The molecule has 0 bridgehead atoms.